The molecule has 0 aromatic rings. The lowest BCUT2D eigenvalue weighted by Crippen LogP contribution is -2.47. The summed E-state index contributed by atoms with van der Waals surface area (Å²) in [5.74, 6) is -1.79. The van der Waals surface area contributed by atoms with E-state index in [1.807, 2.05) is 0 Å². The van der Waals surface area contributed by atoms with Crippen LogP contribution in [0.2, 0.25) is 0 Å². The van der Waals surface area contributed by atoms with Gasteiger partial charge < -0.3 is 10.4 Å². The Balaban J connectivity index is 2.45. The number of halogens is 3. The van der Waals surface area contributed by atoms with E-state index in [1.54, 1.807) is 13.8 Å². The van der Waals surface area contributed by atoms with Crippen molar-refractivity contribution < 1.29 is 23.1 Å². The molecule has 0 heterocycles. The molecule has 1 aliphatic rings. The first kappa shape index (κ1) is 16.3. The molecule has 1 amide bonds. The minimum absolute atomic E-state index is 0.0298. The van der Waals surface area contributed by atoms with Gasteiger partial charge in [0.15, 0.2) is 0 Å². The molecule has 112 valence electrons. The van der Waals surface area contributed by atoms with Crippen LogP contribution in [0.5, 0.6) is 0 Å². The van der Waals surface area contributed by atoms with E-state index in [1.165, 1.54) is 0 Å². The number of hydrogen-bond acceptors (Lipinski definition) is 2. The summed E-state index contributed by atoms with van der Waals surface area (Å²) in [6.45, 7) is 3.55. The molecule has 0 aliphatic heterocycles. The summed E-state index contributed by atoms with van der Waals surface area (Å²) >= 11 is 0. The summed E-state index contributed by atoms with van der Waals surface area (Å²) in [4.78, 5) is 12.0. The summed E-state index contributed by atoms with van der Waals surface area (Å²) in [5, 5.41) is 11.7. The second kappa shape index (κ2) is 6.11. The average molecular weight is 281 g/mol. The van der Waals surface area contributed by atoms with Crippen molar-refractivity contribution in [3.05, 3.63) is 0 Å². The number of hydrogen-bond donors (Lipinski definition) is 2. The zero-order valence-electron chi connectivity index (χ0n) is 11.4. The molecule has 2 N–H and O–H groups in total. The molecule has 3 nitrogen and oxygen atoms in total. The molecule has 0 saturated heterocycles. The lowest BCUT2D eigenvalue weighted by atomic mass is 9.81. The number of alkyl halides is 3. The molecule has 0 radical (unpaired) electrons. The third-order valence-corrected chi connectivity index (χ3v) is 3.76. The van der Waals surface area contributed by atoms with E-state index < -0.39 is 17.6 Å². The van der Waals surface area contributed by atoms with Crippen LogP contribution in [0.4, 0.5) is 13.2 Å². The van der Waals surface area contributed by atoms with Gasteiger partial charge in [-0.2, -0.15) is 13.2 Å². The number of aliphatic hydroxyl groups excluding tert-OH is 1. The topological polar surface area (TPSA) is 49.3 Å². The van der Waals surface area contributed by atoms with Gasteiger partial charge in [-0.05, 0) is 46.0 Å². The third-order valence-electron chi connectivity index (χ3n) is 3.76. The van der Waals surface area contributed by atoms with Crippen molar-refractivity contribution in [2.24, 2.45) is 11.8 Å². The van der Waals surface area contributed by atoms with Gasteiger partial charge in [0.1, 0.15) is 0 Å². The van der Waals surface area contributed by atoms with Gasteiger partial charge in [0.2, 0.25) is 5.91 Å². The van der Waals surface area contributed by atoms with Gasteiger partial charge in [-0.3, -0.25) is 4.79 Å². The zero-order chi connectivity index (χ0) is 14.7. The highest BCUT2D eigenvalue weighted by Gasteiger charge is 2.42. The Morgan fingerprint density at radius 2 is 1.74 bits per heavy atom. The van der Waals surface area contributed by atoms with Crippen molar-refractivity contribution in [1.29, 1.82) is 0 Å². The lowest BCUT2D eigenvalue weighted by molar-refractivity contribution is -0.184. The van der Waals surface area contributed by atoms with Crippen LogP contribution in [-0.4, -0.2) is 29.3 Å². The van der Waals surface area contributed by atoms with E-state index in [-0.39, 0.29) is 44.1 Å². The Morgan fingerprint density at radius 3 is 2.16 bits per heavy atom. The van der Waals surface area contributed by atoms with Crippen LogP contribution in [0, 0.1) is 11.8 Å². The van der Waals surface area contributed by atoms with E-state index >= 15 is 0 Å². The quantitative estimate of drug-likeness (QED) is 0.832. The fourth-order valence-corrected chi connectivity index (χ4v) is 2.46. The smallest absolute Gasteiger partial charge is 0.391 e. The van der Waals surface area contributed by atoms with Crippen molar-refractivity contribution >= 4 is 5.91 Å². The molecule has 0 aromatic heterocycles. The maximum Gasteiger partial charge on any atom is 0.391 e. The van der Waals surface area contributed by atoms with Crippen LogP contribution in [-0.2, 0) is 4.79 Å². The number of amides is 1. The van der Waals surface area contributed by atoms with Gasteiger partial charge >= 0.3 is 6.18 Å². The summed E-state index contributed by atoms with van der Waals surface area (Å²) in [6, 6.07) is 0. The SMILES string of the molecule is CC(C)(CCO)NC(=O)C1CCC(C(F)(F)F)CC1. The zero-order valence-corrected chi connectivity index (χ0v) is 11.4. The molecule has 1 rings (SSSR count). The Labute approximate surface area is 111 Å². The monoisotopic (exact) mass is 281 g/mol. The highest BCUT2D eigenvalue weighted by Crippen LogP contribution is 2.39. The van der Waals surface area contributed by atoms with Crippen LogP contribution in [0.15, 0.2) is 0 Å². The van der Waals surface area contributed by atoms with E-state index in [4.69, 9.17) is 5.11 Å². The Hall–Kier alpha value is -0.780. The lowest BCUT2D eigenvalue weighted by Gasteiger charge is -2.32. The van der Waals surface area contributed by atoms with Gasteiger partial charge in [0, 0.05) is 18.1 Å². The first-order chi connectivity index (χ1) is 8.65. The van der Waals surface area contributed by atoms with Crippen molar-refractivity contribution in [3.8, 4) is 0 Å². The number of carbonyl (C=O) groups excluding carboxylic acids is 1. The van der Waals surface area contributed by atoms with Crippen LogP contribution in [0.25, 0.3) is 0 Å². The summed E-state index contributed by atoms with van der Waals surface area (Å²) < 4.78 is 37.5. The molecule has 1 saturated carbocycles. The van der Waals surface area contributed by atoms with Crippen molar-refractivity contribution in [2.45, 2.75) is 57.7 Å². The number of nitrogens with one attached hydrogen (secondary N) is 1. The highest BCUT2D eigenvalue weighted by atomic mass is 19.4. The fraction of sp³-hybridized carbons (Fsp3) is 0.923. The second-order valence-corrected chi connectivity index (χ2v) is 5.94. The third kappa shape index (κ3) is 5.01. The molecule has 0 unspecified atom stereocenters. The first-order valence-electron chi connectivity index (χ1n) is 6.65. The van der Waals surface area contributed by atoms with E-state index in [2.05, 4.69) is 5.32 Å². The Morgan fingerprint density at radius 1 is 1.21 bits per heavy atom. The molecule has 0 spiro atoms. The van der Waals surface area contributed by atoms with Gasteiger partial charge in [0.05, 0.1) is 5.92 Å². The molecule has 6 heteroatoms. The maximum atomic E-state index is 12.5. The van der Waals surface area contributed by atoms with Gasteiger partial charge in [-0.1, -0.05) is 0 Å². The highest BCUT2D eigenvalue weighted by molar-refractivity contribution is 5.79. The van der Waals surface area contributed by atoms with Crippen LogP contribution < -0.4 is 5.32 Å². The molecular weight excluding hydrogens is 259 g/mol. The van der Waals surface area contributed by atoms with E-state index in [0.717, 1.165) is 0 Å². The van der Waals surface area contributed by atoms with Gasteiger partial charge in [-0.25, -0.2) is 0 Å². The predicted octanol–water partition coefficient (Wildman–Crippen LogP) is 2.63. The van der Waals surface area contributed by atoms with Crippen LogP contribution in [0.3, 0.4) is 0 Å². The largest absolute Gasteiger partial charge is 0.396 e. The summed E-state index contributed by atoms with van der Waals surface area (Å²) in [7, 11) is 0. The predicted molar refractivity (Wildman–Crippen MR) is 65.4 cm³/mol. The number of rotatable bonds is 4. The Kier molecular flexibility index (Phi) is 5.24. The molecule has 0 bridgehead atoms. The normalized spacial score (nSPS) is 25.2. The summed E-state index contributed by atoms with van der Waals surface area (Å²) in [6.07, 6.45) is -3.09. The van der Waals surface area contributed by atoms with Crippen molar-refractivity contribution in [3.63, 3.8) is 0 Å². The first-order valence-corrected chi connectivity index (χ1v) is 6.65. The summed E-state index contributed by atoms with van der Waals surface area (Å²) in [5.41, 5.74) is -0.521. The molecule has 19 heavy (non-hydrogen) atoms. The minimum atomic E-state index is -4.14. The molecular formula is C13H22F3NO2. The number of carbonyl (C=O) groups is 1. The average Bonchev–Trinajstić information content (AvgIpc) is 2.27. The maximum absolute atomic E-state index is 12.5. The van der Waals surface area contributed by atoms with Gasteiger partial charge in [0.25, 0.3) is 0 Å². The number of aliphatic hydroxyl groups is 1. The second-order valence-electron chi connectivity index (χ2n) is 5.94. The molecule has 1 fully saturated rings. The van der Waals surface area contributed by atoms with Crippen molar-refractivity contribution in [2.75, 3.05) is 6.61 Å². The minimum Gasteiger partial charge on any atom is -0.396 e. The Bertz CT molecular complexity index is 308. The van der Waals surface area contributed by atoms with E-state index in [0.29, 0.717) is 6.42 Å². The standard InChI is InChI=1S/C13H22F3NO2/c1-12(2,7-8-18)17-11(19)9-3-5-10(6-4-9)13(14,15)16/h9-10,18H,3-8H2,1-2H3,(H,17,19). The fourth-order valence-electron chi connectivity index (χ4n) is 2.46. The molecule has 0 aromatic carbocycles. The van der Waals surface area contributed by atoms with Crippen molar-refractivity contribution in [1.82, 2.24) is 5.32 Å². The van der Waals surface area contributed by atoms with Crippen LogP contribution >= 0.6 is 0 Å². The molecule has 0 atom stereocenters. The molecule has 1 aliphatic carbocycles. The van der Waals surface area contributed by atoms with E-state index in [9.17, 15) is 18.0 Å². The van der Waals surface area contributed by atoms with Crippen LogP contribution in [0.1, 0.15) is 46.0 Å². The van der Waals surface area contributed by atoms with Gasteiger partial charge in [-0.15, -0.1) is 0 Å².